The van der Waals surface area contributed by atoms with Crippen LogP contribution in [0.3, 0.4) is 0 Å². The Bertz CT molecular complexity index is 618. The number of nitrogens with zero attached hydrogens (tertiary/aromatic N) is 1. The molecule has 1 aliphatic rings. The summed E-state index contributed by atoms with van der Waals surface area (Å²) in [5.74, 6) is 1.18. The summed E-state index contributed by atoms with van der Waals surface area (Å²) in [7, 11) is 0. The quantitative estimate of drug-likeness (QED) is 0.753. The Labute approximate surface area is 162 Å². The summed E-state index contributed by atoms with van der Waals surface area (Å²) in [6.07, 6.45) is 2.26. The highest BCUT2D eigenvalue weighted by molar-refractivity contribution is 5.80. The minimum absolute atomic E-state index is 0.0269. The molecule has 6 nitrogen and oxygen atoms in total. The molecule has 2 amide bonds. The molecule has 1 aromatic carbocycles. The number of para-hydroxylation sites is 1. The third-order valence-corrected chi connectivity index (χ3v) is 4.70. The van der Waals surface area contributed by atoms with Gasteiger partial charge in [-0.25, -0.2) is 4.79 Å². The fraction of sp³-hybridized carbons (Fsp3) is 0.619. The van der Waals surface area contributed by atoms with Gasteiger partial charge in [0.15, 0.2) is 0 Å². The number of benzene rings is 1. The van der Waals surface area contributed by atoms with E-state index in [0.29, 0.717) is 38.8 Å². The van der Waals surface area contributed by atoms with Crippen LogP contribution in [0.15, 0.2) is 24.3 Å². The average molecular weight is 376 g/mol. The van der Waals surface area contributed by atoms with Crippen molar-refractivity contribution in [3.05, 3.63) is 29.8 Å². The van der Waals surface area contributed by atoms with Crippen LogP contribution >= 0.6 is 0 Å². The first kappa shape index (κ1) is 21.1. The van der Waals surface area contributed by atoms with Crippen LogP contribution in [0.1, 0.15) is 45.6 Å². The molecule has 2 rings (SSSR count). The summed E-state index contributed by atoms with van der Waals surface area (Å²) in [5, 5.41) is 3.00. The summed E-state index contributed by atoms with van der Waals surface area (Å²) in [4.78, 5) is 26.1. The monoisotopic (exact) mass is 376 g/mol. The van der Waals surface area contributed by atoms with Gasteiger partial charge in [0, 0.05) is 25.2 Å². The topological polar surface area (TPSA) is 67.9 Å². The van der Waals surface area contributed by atoms with E-state index in [0.717, 1.165) is 30.6 Å². The van der Waals surface area contributed by atoms with E-state index in [1.54, 1.807) is 11.8 Å². The minimum Gasteiger partial charge on any atom is -0.493 e. The molecule has 1 fully saturated rings. The molecule has 0 radical (unpaired) electrons. The Balaban J connectivity index is 1.87. The van der Waals surface area contributed by atoms with Crippen LogP contribution in [0, 0.1) is 11.8 Å². The second kappa shape index (κ2) is 10.8. The molecular weight excluding hydrogens is 344 g/mol. The van der Waals surface area contributed by atoms with Gasteiger partial charge >= 0.3 is 6.09 Å². The number of piperidine rings is 1. The van der Waals surface area contributed by atoms with Gasteiger partial charge in [-0.05, 0) is 38.2 Å². The molecule has 1 heterocycles. The average Bonchev–Trinajstić information content (AvgIpc) is 2.67. The van der Waals surface area contributed by atoms with E-state index in [2.05, 4.69) is 19.2 Å². The molecule has 1 aliphatic heterocycles. The van der Waals surface area contributed by atoms with Gasteiger partial charge in [0.1, 0.15) is 5.75 Å². The van der Waals surface area contributed by atoms with Gasteiger partial charge in [-0.1, -0.05) is 32.0 Å². The van der Waals surface area contributed by atoms with Crippen molar-refractivity contribution in [2.24, 2.45) is 11.8 Å². The first-order chi connectivity index (χ1) is 13.0. The summed E-state index contributed by atoms with van der Waals surface area (Å²) < 4.78 is 10.9. The zero-order chi connectivity index (χ0) is 19.6. The Morgan fingerprint density at radius 1 is 1.30 bits per heavy atom. The number of carbonyl (C=O) groups excluding carboxylic acids is 2. The van der Waals surface area contributed by atoms with Crippen molar-refractivity contribution < 1.29 is 19.1 Å². The Morgan fingerprint density at radius 2 is 2.07 bits per heavy atom. The van der Waals surface area contributed by atoms with Crippen LogP contribution in [0.2, 0.25) is 0 Å². The maximum Gasteiger partial charge on any atom is 0.409 e. The minimum atomic E-state index is -0.334. The van der Waals surface area contributed by atoms with Crippen molar-refractivity contribution in [1.29, 1.82) is 0 Å². The SMILES string of the molecule is CCOC(=O)N1CCCC(C(=O)NCc2ccccc2OCCC(C)C)C1. The van der Waals surface area contributed by atoms with Crippen molar-refractivity contribution in [1.82, 2.24) is 10.2 Å². The van der Waals surface area contributed by atoms with E-state index in [1.807, 2.05) is 24.3 Å². The highest BCUT2D eigenvalue weighted by Gasteiger charge is 2.29. The zero-order valence-corrected chi connectivity index (χ0v) is 16.7. The molecular formula is C21H32N2O4. The zero-order valence-electron chi connectivity index (χ0n) is 16.7. The molecule has 1 unspecified atom stereocenters. The van der Waals surface area contributed by atoms with E-state index in [4.69, 9.17) is 9.47 Å². The van der Waals surface area contributed by atoms with E-state index in [9.17, 15) is 9.59 Å². The lowest BCUT2D eigenvalue weighted by Gasteiger charge is -2.31. The van der Waals surface area contributed by atoms with Crippen molar-refractivity contribution in [3.63, 3.8) is 0 Å². The predicted octanol–water partition coefficient (Wildman–Crippen LogP) is 3.60. The smallest absolute Gasteiger partial charge is 0.409 e. The van der Waals surface area contributed by atoms with Gasteiger partial charge in [0.2, 0.25) is 5.91 Å². The first-order valence-corrected chi connectivity index (χ1v) is 9.91. The summed E-state index contributed by atoms with van der Waals surface area (Å²) in [6.45, 7) is 8.61. The first-order valence-electron chi connectivity index (χ1n) is 9.91. The van der Waals surface area contributed by atoms with Crippen LogP contribution in [0.25, 0.3) is 0 Å². The number of nitrogens with one attached hydrogen (secondary N) is 1. The van der Waals surface area contributed by atoms with Gasteiger partial charge in [0.05, 0.1) is 19.1 Å². The third kappa shape index (κ3) is 6.77. The fourth-order valence-corrected chi connectivity index (χ4v) is 3.09. The number of hydrogen-bond acceptors (Lipinski definition) is 4. The number of hydrogen-bond donors (Lipinski definition) is 1. The Morgan fingerprint density at radius 3 is 2.81 bits per heavy atom. The normalized spacial score (nSPS) is 16.9. The lowest BCUT2D eigenvalue weighted by molar-refractivity contribution is -0.126. The Hall–Kier alpha value is -2.24. The number of likely N-dealkylation sites (tertiary alicyclic amines) is 1. The molecule has 1 atom stereocenters. The number of ether oxygens (including phenoxy) is 2. The summed E-state index contributed by atoms with van der Waals surface area (Å²) in [5.41, 5.74) is 0.965. The van der Waals surface area contributed by atoms with Gasteiger partial charge in [-0.2, -0.15) is 0 Å². The second-order valence-corrected chi connectivity index (χ2v) is 7.34. The Kier molecular flexibility index (Phi) is 8.43. The molecule has 150 valence electrons. The third-order valence-electron chi connectivity index (χ3n) is 4.70. The highest BCUT2D eigenvalue weighted by Crippen LogP contribution is 2.20. The number of rotatable bonds is 8. The molecule has 1 saturated heterocycles. The molecule has 1 N–H and O–H groups in total. The number of carbonyl (C=O) groups is 2. The van der Waals surface area contributed by atoms with E-state index >= 15 is 0 Å². The molecule has 0 bridgehead atoms. The van der Waals surface area contributed by atoms with E-state index < -0.39 is 0 Å². The standard InChI is InChI=1S/C21H32N2O4/c1-4-26-21(25)23-12-7-9-18(15-23)20(24)22-14-17-8-5-6-10-19(17)27-13-11-16(2)3/h5-6,8,10,16,18H,4,7,9,11-15H2,1-3H3,(H,22,24). The number of amides is 2. The molecule has 1 aromatic rings. The van der Waals surface area contributed by atoms with Crippen molar-refractivity contribution >= 4 is 12.0 Å². The molecule has 0 spiro atoms. The van der Waals surface area contributed by atoms with Crippen molar-refractivity contribution in [2.45, 2.75) is 46.6 Å². The van der Waals surface area contributed by atoms with E-state index in [1.165, 1.54) is 0 Å². The molecule has 0 saturated carbocycles. The van der Waals surface area contributed by atoms with Crippen molar-refractivity contribution in [2.75, 3.05) is 26.3 Å². The van der Waals surface area contributed by atoms with Gasteiger partial charge in [0.25, 0.3) is 0 Å². The van der Waals surface area contributed by atoms with Crippen LogP contribution < -0.4 is 10.1 Å². The van der Waals surface area contributed by atoms with Gasteiger partial charge in [-0.15, -0.1) is 0 Å². The van der Waals surface area contributed by atoms with E-state index in [-0.39, 0.29) is 17.9 Å². The van der Waals surface area contributed by atoms with Crippen LogP contribution in [0.5, 0.6) is 5.75 Å². The molecule has 6 heteroatoms. The maximum atomic E-state index is 12.6. The summed E-state index contributed by atoms with van der Waals surface area (Å²) >= 11 is 0. The summed E-state index contributed by atoms with van der Waals surface area (Å²) in [6, 6.07) is 7.79. The molecule has 27 heavy (non-hydrogen) atoms. The maximum absolute atomic E-state index is 12.6. The van der Waals surface area contributed by atoms with Crippen LogP contribution in [0.4, 0.5) is 4.79 Å². The van der Waals surface area contributed by atoms with Gasteiger partial charge in [-0.3, -0.25) is 4.79 Å². The molecule has 0 aliphatic carbocycles. The van der Waals surface area contributed by atoms with Gasteiger partial charge < -0.3 is 19.7 Å². The lowest BCUT2D eigenvalue weighted by atomic mass is 9.97. The predicted molar refractivity (Wildman–Crippen MR) is 105 cm³/mol. The van der Waals surface area contributed by atoms with Crippen LogP contribution in [-0.2, 0) is 16.1 Å². The van der Waals surface area contributed by atoms with Crippen molar-refractivity contribution in [3.8, 4) is 5.75 Å². The van der Waals surface area contributed by atoms with Crippen LogP contribution in [-0.4, -0.2) is 43.2 Å². The lowest BCUT2D eigenvalue weighted by Crippen LogP contribution is -2.45. The molecule has 0 aromatic heterocycles. The second-order valence-electron chi connectivity index (χ2n) is 7.34. The largest absolute Gasteiger partial charge is 0.493 e. The fourth-order valence-electron chi connectivity index (χ4n) is 3.09. The highest BCUT2D eigenvalue weighted by atomic mass is 16.6.